The Bertz CT molecular complexity index is 493. The molecule has 0 spiro atoms. The first-order valence-electron chi connectivity index (χ1n) is 7.01. The predicted molar refractivity (Wildman–Crippen MR) is 75.8 cm³/mol. The van der Waals surface area contributed by atoms with E-state index in [9.17, 15) is 9.59 Å². The molecule has 0 aromatic carbocycles. The molecule has 0 radical (unpaired) electrons. The first kappa shape index (κ1) is 15.3. The Balaban J connectivity index is 1.77. The third-order valence-corrected chi connectivity index (χ3v) is 3.63. The van der Waals surface area contributed by atoms with Crippen LogP contribution < -0.4 is 4.74 Å². The summed E-state index contributed by atoms with van der Waals surface area (Å²) in [6.45, 7) is 3.01. The second kappa shape index (κ2) is 7.06. The molecule has 114 valence electrons. The summed E-state index contributed by atoms with van der Waals surface area (Å²) in [6, 6.07) is 3.63. The number of hydrogen-bond acceptors (Lipinski definition) is 5. The molecule has 1 saturated heterocycles. The van der Waals surface area contributed by atoms with Gasteiger partial charge in [0, 0.05) is 18.8 Å². The van der Waals surface area contributed by atoms with Crippen LogP contribution in [0, 0.1) is 12.8 Å². The summed E-state index contributed by atoms with van der Waals surface area (Å²) in [5.41, 5.74) is 0.901. The summed E-state index contributed by atoms with van der Waals surface area (Å²) < 4.78 is 10.2. The summed E-state index contributed by atoms with van der Waals surface area (Å²) in [6.07, 6.45) is 2.89. The molecule has 1 aliphatic heterocycles. The van der Waals surface area contributed by atoms with Gasteiger partial charge in [0.2, 0.25) is 0 Å². The minimum absolute atomic E-state index is 0.00632. The fraction of sp³-hybridized carbons (Fsp3) is 0.533. The van der Waals surface area contributed by atoms with Gasteiger partial charge >= 0.3 is 5.97 Å². The molecule has 1 aliphatic rings. The number of carbonyl (C=O) groups is 2. The van der Waals surface area contributed by atoms with Gasteiger partial charge in [-0.3, -0.25) is 14.6 Å². The average molecular weight is 292 g/mol. The Labute approximate surface area is 124 Å². The van der Waals surface area contributed by atoms with E-state index in [0.717, 1.165) is 5.69 Å². The molecule has 1 aromatic heterocycles. The topological polar surface area (TPSA) is 68.7 Å². The van der Waals surface area contributed by atoms with Gasteiger partial charge in [-0.25, -0.2) is 0 Å². The van der Waals surface area contributed by atoms with E-state index in [1.807, 2.05) is 13.0 Å². The van der Waals surface area contributed by atoms with E-state index in [1.54, 1.807) is 17.2 Å². The molecule has 2 heterocycles. The Morgan fingerprint density at radius 2 is 2.05 bits per heavy atom. The molecular formula is C15H20N2O4. The maximum Gasteiger partial charge on any atom is 0.308 e. The molecule has 0 bridgehead atoms. The first-order valence-corrected chi connectivity index (χ1v) is 7.01. The molecular weight excluding hydrogens is 272 g/mol. The van der Waals surface area contributed by atoms with Crippen LogP contribution in [0.5, 0.6) is 5.75 Å². The fourth-order valence-electron chi connectivity index (χ4n) is 2.31. The Hall–Kier alpha value is -2.11. The van der Waals surface area contributed by atoms with Crippen molar-refractivity contribution in [1.82, 2.24) is 9.88 Å². The van der Waals surface area contributed by atoms with E-state index in [-0.39, 0.29) is 24.4 Å². The molecule has 0 saturated carbocycles. The lowest BCUT2D eigenvalue weighted by Crippen LogP contribution is -2.42. The number of pyridine rings is 1. The van der Waals surface area contributed by atoms with Crippen molar-refractivity contribution in [2.45, 2.75) is 19.8 Å². The molecule has 6 nitrogen and oxygen atoms in total. The number of amides is 1. The quantitative estimate of drug-likeness (QED) is 0.779. The predicted octanol–water partition coefficient (Wildman–Crippen LogP) is 1.18. The second-order valence-corrected chi connectivity index (χ2v) is 5.10. The molecule has 0 unspecified atom stereocenters. The maximum atomic E-state index is 12.0. The largest absolute Gasteiger partial charge is 0.482 e. The van der Waals surface area contributed by atoms with Crippen LogP contribution in [0.1, 0.15) is 18.5 Å². The van der Waals surface area contributed by atoms with Gasteiger partial charge in [-0.05, 0) is 31.9 Å². The number of rotatable bonds is 4. The van der Waals surface area contributed by atoms with Crippen molar-refractivity contribution in [2.24, 2.45) is 5.92 Å². The van der Waals surface area contributed by atoms with Crippen molar-refractivity contribution in [2.75, 3.05) is 26.8 Å². The molecule has 1 fully saturated rings. The number of aryl methyl sites for hydroxylation is 1. The zero-order valence-electron chi connectivity index (χ0n) is 12.4. The van der Waals surface area contributed by atoms with Crippen molar-refractivity contribution < 1.29 is 19.1 Å². The summed E-state index contributed by atoms with van der Waals surface area (Å²) in [5.74, 6) is 0.225. The van der Waals surface area contributed by atoms with Crippen LogP contribution in [0.15, 0.2) is 18.3 Å². The number of piperidine rings is 1. The highest BCUT2D eigenvalue weighted by molar-refractivity contribution is 5.78. The second-order valence-electron chi connectivity index (χ2n) is 5.10. The third kappa shape index (κ3) is 4.18. The highest BCUT2D eigenvalue weighted by Crippen LogP contribution is 2.18. The molecule has 2 rings (SSSR count). The highest BCUT2D eigenvalue weighted by atomic mass is 16.5. The minimum Gasteiger partial charge on any atom is -0.482 e. The van der Waals surface area contributed by atoms with Gasteiger partial charge in [0.1, 0.15) is 5.75 Å². The average Bonchev–Trinajstić information content (AvgIpc) is 2.53. The highest BCUT2D eigenvalue weighted by Gasteiger charge is 2.27. The SMILES string of the molecule is COC(=O)C1CCN(C(=O)COc2ccc(C)nc2)CC1. The number of ether oxygens (including phenoxy) is 2. The minimum atomic E-state index is -0.191. The van der Waals surface area contributed by atoms with Crippen LogP contribution in [0.4, 0.5) is 0 Å². The van der Waals surface area contributed by atoms with Crippen LogP contribution in [0.25, 0.3) is 0 Å². The summed E-state index contributed by atoms with van der Waals surface area (Å²) >= 11 is 0. The van der Waals surface area contributed by atoms with Gasteiger partial charge in [-0.2, -0.15) is 0 Å². The molecule has 21 heavy (non-hydrogen) atoms. The Kier molecular flexibility index (Phi) is 5.14. The van der Waals surface area contributed by atoms with E-state index in [2.05, 4.69) is 4.98 Å². The van der Waals surface area contributed by atoms with Crippen LogP contribution in [0.2, 0.25) is 0 Å². The van der Waals surface area contributed by atoms with E-state index in [4.69, 9.17) is 9.47 Å². The number of methoxy groups -OCH3 is 1. The summed E-state index contributed by atoms with van der Waals surface area (Å²) in [5, 5.41) is 0. The summed E-state index contributed by atoms with van der Waals surface area (Å²) in [7, 11) is 1.39. The zero-order chi connectivity index (χ0) is 15.2. The van der Waals surface area contributed by atoms with E-state index >= 15 is 0 Å². The Morgan fingerprint density at radius 3 is 2.62 bits per heavy atom. The van der Waals surface area contributed by atoms with Gasteiger partial charge in [0.15, 0.2) is 6.61 Å². The van der Waals surface area contributed by atoms with Crippen molar-refractivity contribution in [3.8, 4) is 5.75 Å². The monoisotopic (exact) mass is 292 g/mol. The van der Waals surface area contributed by atoms with Crippen LogP contribution >= 0.6 is 0 Å². The van der Waals surface area contributed by atoms with E-state index in [1.165, 1.54) is 7.11 Å². The zero-order valence-corrected chi connectivity index (χ0v) is 12.4. The number of nitrogens with zero attached hydrogens (tertiary/aromatic N) is 2. The normalized spacial score (nSPS) is 15.6. The van der Waals surface area contributed by atoms with Crippen LogP contribution in [-0.4, -0.2) is 48.6 Å². The number of aromatic nitrogens is 1. The van der Waals surface area contributed by atoms with Crippen molar-refractivity contribution in [3.05, 3.63) is 24.0 Å². The van der Waals surface area contributed by atoms with E-state index in [0.29, 0.717) is 31.7 Å². The molecule has 0 aliphatic carbocycles. The lowest BCUT2D eigenvalue weighted by Gasteiger charge is -2.30. The molecule has 0 N–H and O–H groups in total. The number of carbonyl (C=O) groups excluding carboxylic acids is 2. The van der Waals surface area contributed by atoms with Gasteiger partial charge in [-0.15, -0.1) is 0 Å². The smallest absolute Gasteiger partial charge is 0.308 e. The molecule has 0 atom stereocenters. The fourth-order valence-corrected chi connectivity index (χ4v) is 2.31. The standard InChI is InChI=1S/C15H20N2O4/c1-11-3-4-13(9-16-11)21-10-14(18)17-7-5-12(6-8-17)15(19)20-2/h3-4,9,12H,5-8,10H2,1-2H3. The van der Waals surface area contributed by atoms with Crippen LogP contribution in [0.3, 0.4) is 0 Å². The van der Waals surface area contributed by atoms with Crippen LogP contribution in [-0.2, 0) is 14.3 Å². The Morgan fingerprint density at radius 1 is 1.33 bits per heavy atom. The third-order valence-electron chi connectivity index (χ3n) is 3.63. The first-order chi connectivity index (χ1) is 10.1. The van der Waals surface area contributed by atoms with Crippen molar-refractivity contribution in [1.29, 1.82) is 0 Å². The molecule has 1 aromatic rings. The number of esters is 1. The maximum absolute atomic E-state index is 12.0. The van der Waals surface area contributed by atoms with Crippen molar-refractivity contribution >= 4 is 11.9 Å². The summed E-state index contributed by atoms with van der Waals surface area (Å²) in [4.78, 5) is 29.3. The molecule has 1 amide bonds. The number of hydrogen-bond donors (Lipinski definition) is 0. The molecule has 6 heteroatoms. The van der Waals surface area contributed by atoms with Gasteiger partial charge in [0.25, 0.3) is 5.91 Å². The van der Waals surface area contributed by atoms with Gasteiger partial charge in [0.05, 0.1) is 19.2 Å². The lowest BCUT2D eigenvalue weighted by atomic mass is 9.97. The van der Waals surface area contributed by atoms with E-state index < -0.39 is 0 Å². The van der Waals surface area contributed by atoms with Gasteiger partial charge < -0.3 is 14.4 Å². The van der Waals surface area contributed by atoms with Gasteiger partial charge in [-0.1, -0.05) is 0 Å². The number of likely N-dealkylation sites (tertiary alicyclic amines) is 1. The van der Waals surface area contributed by atoms with Crippen molar-refractivity contribution in [3.63, 3.8) is 0 Å². The lowest BCUT2D eigenvalue weighted by molar-refractivity contribution is -0.149.